The van der Waals surface area contributed by atoms with Gasteiger partial charge in [0.15, 0.2) is 22.7 Å². The summed E-state index contributed by atoms with van der Waals surface area (Å²) in [6, 6.07) is 6.52. The van der Waals surface area contributed by atoms with Gasteiger partial charge in [0, 0.05) is 18.3 Å². The van der Waals surface area contributed by atoms with Crippen LogP contribution < -0.4 is 5.43 Å². The lowest BCUT2D eigenvalue weighted by atomic mass is 10.4. The van der Waals surface area contributed by atoms with Gasteiger partial charge >= 0.3 is 0 Å². The van der Waals surface area contributed by atoms with E-state index in [9.17, 15) is 4.79 Å². The highest BCUT2D eigenvalue weighted by Crippen LogP contribution is 2.15. The van der Waals surface area contributed by atoms with Crippen molar-refractivity contribution in [1.82, 2.24) is 14.6 Å². The lowest BCUT2D eigenvalue weighted by Crippen LogP contribution is -1.98. The zero-order chi connectivity index (χ0) is 10.3. The first-order valence-corrected chi connectivity index (χ1v) is 4.45. The van der Waals surface area contributed by atoms with Crippen LogP contribution in [-0.4, -0.2) is 14.6 Å². The minimum Gasteiger partial charge on any atom is -0.461 e. The SMILES string of the molecule is O=c1ccn2[nH]c(-c3ccco3)nc2c1. The van der Waals surface area contributed by atoms with Crippen LogP contribution in [0.1, 0.15) is 0 Å². The summed E-state index contributed by atoms with van der Waals surface area (Å²) in [7, 11) is 0. The molecular weight excluding hydrogens is 194 g/mol. The molecule has 3 aromatic heterocycles. The van der Waals surface area contributed by atoms with Gasteiger partial charge in [0.2, 0.25) is 0 Å². The van der Waals surface area contributed by atoms with Gasteiger partial charge in [0.25, 0.3) is 0 Å². The van der Waals surface area contributed by atoms with Crippen molar-refractivity contribution in [1.29, 1.82) is 0 Å². The second kappa shape index (κ2) is 2.84. The van der Waals surface area contributed by atoms with Crippen LogP contribution in [-0.2, 0) is 0 Å². The molecule has 0 saturated heterocycles. The molecule has 0 saturated carbocycles. The van der Waals surface area contributed by atoms with E-state index in [4.69, 9.17) is 4.42 Å². The second-order valence-electron chi connectivity index (χ2n) is 3.14. The minimum absolute atomic E-state index is 0.0625. The molecule has 0 fully saturated rings. The van der Waals surface area contributed by atoms with E-state index < -0.39 is 0 Å². The van der Waals surface area contributed by atoms with Gasteiger partial charge in [-0.15, -0.1) is 0 Å². The Kier molecular flexibility index (Phi) is 1.53. The summed E-state index contributed by atoms with van der Waals surface area (Å²) in [6.45, 7) is 0. The van der Waals surface area contributed by atoms with Crippen LogP contribution in [0.5, 0.6) is 0 Å². The van der Waals surface area contributed by atoms with Gasteiger partial charge in [-0.1, -0.05) is 0 Å². The van der Waals surface area contributed by atoms with Crippen LogP contribution in [0.4, 0.5) is 0 Å². The summed E-state index contributed by atoms with van der Waals surface area (Å²) >= 11 is 0. The highest BCUT2D eigenvalue weighted by Gasteiger charge is 2.06. The Hall–Kier alpha value is -2.30. The summed E-state index contributed by atoms with van der Waals surface area (Å²) in [6.07, 6.45) is 3.21. The van der Waals surface area contributed by atoms with Gasteiger partial charge in [-0.05, 0) is 12.1 Å². The van der Waals surface area contributed by atoms with Crippen LogP contribution in [0.3, 0.4) is 0 Å². The third-order valence-electron chi connectivity index (χ3n) is 2.11. The Bertz CT molecular complexity index is 649. The van der Waals surface area contributed by atoms with E-state index in [0.717, 1.165) is 0 Å². The van der Waals surface area contributed by atoms with E-state index in [0.29, 0.717) is 17.2 Å². The quantitative estimate of drug-likeness (QED) is 0.645. The van der Waals surface area contributed by atoms with Crippen LogP contribution in [0.2, 0.25) is 0 Å². The van der Waals surface area contributed by atoms with Gasteiger partial charge in [-0.3, -0.25) is 9.89 Å². The molecule has 0 amide bonds. The molecule has 0 radical (unpaired) electrons. The zero-order valence-electron chi connectivity index (χ0n) is 7.68. The number of pyridine rings is 1. The monoisotopic (exact) mass is 201 g/mol. The van der Waals surface area contributed by atoms with E-state index in [-0.39, 0.29) is 5.43 Å². The first-order chi connectivity index (χ1) is 7.33. The molecule has 3 heterocycles. The fourth-order valence-electron chi connectivity index (χ4n) is 1.43. The number of fused-ring (bicyclic) bond motifs is 1. The lowest BCUT2D eigenvalue weighted by Gasteiger charge is -1.87. The number of aromatic amines is 1. The van der Waals surface area contributed by atoms with Crippen molar-refractivity contribution in [2.75, 3.05) is 0 Å². The number of aromatic nitrogens is 3. The largest absolute Gasteiger partial charge is 0.461 e. The number of hydrogen-bond acceptors (Lipinski definition) is 3. The second-order valence-corrected chi connectivity index (χ2v) is 3.14. The fraction of sp³-hybridized carbons (Fsp3) is 0. The molecule has 0 aliphatic rings. The van der Waals surface area contributed by atoms with Crippen LogP contribution in [0.15, 0.2) is 45.9 Å². The smallest absolute Gasteiger partial charge is 0.190 e. The first-order valence-electron chi connectivity index (χ1n) is 4.45. The van der Waals surface area contributed by atoms with Crippen molar-refractivity contribution in [3.05, 3.63) is 46.9 Å². The Morgan fingerprint density at radius 3 is 3.13 bits per heavy atom. The average Bonchev–Trinajstić information content (AvgIpc) is 2.84. The minimum atomic E-state index is -0.0625. The van der Waals surface area contributed by atoms with E-state index in [1.165, 1.54) is 12.1 Å². The van der Waals surface area contributed by atoms with E-state index in [1.807, 2.05) is 0 Å². The van der Waals surface area contributed by atoms with E-state index >= 15 is 0 Å². The highest BCUT2D eigenvalue weighted by atomic mass is 16.3. The predicted octanol–water partition coefficient (Wildman–Crippen LogP) is 1.28. The molecule has 0 aliphatic carbocycles. The summed E-state index contributed by atoms with van der Waals surface area (Å²) < 4.78 is 6.86. The molecule has 5 heteroatoms. The molecule has 1 N–H and O–H groups in total. The molecule has 0 aromatic carbocycles. The average molecular weight is 201 g/mol. The third kappa shape index (κ3) is 1.25. The van der Waals surface area contributed by atoms with Gasteiger partial charge in [-0.25, -0.2) is 9.50 Å². The van der Waals surface area contributed by atoms with Crippen molar-refractivity contribution in [2.24, 2.45) is 0 Å². The molecular formula is C10H7N3O2. The normalized spacial score (nSPS) is 10.9. The topological polar surface area (TPSA) is 63.3 Å². The van der Waals surface area contributed by atoms with Gasteiger partial charge in [0.05, 0.1) is 6.26 Å². The molecule has 0 aliphatic heterocycles. The number of hydrogen-bond donors (Lipinski definition) is 1. The van der Waals surface area contributed by atoms with Crippen molar-refractivity contribution in [3.63, 3.8) is 0 Å². The van der Waals surface area contributed by atoms with Gasteiger partial charge in [-0.2, -0.15) is 0 Å². The maximum Gasteiger partial charge on any atom is 0.190 e. The Balaban J connectivity index is 2.27. The van der Waals surface area contributed by atoms with Gasteiger partial charge < -0.3 is 4.42 Å². The number of nitrogens with one attached hydrogen (secondary N) is 1. The maximum absolute atomic E-state index is 11.1. The van der Waals surface area contributed by atoms with Crippen LogP contribution in [0, 0.1) is 0 Å². The molecule has 3 aromatic rings. The molecule has 5 nitrogen and oxygen atoms in total. The molecule has 0 unspecified atom stereocenters. The van der Waals surface area contributed by atoms with E-state index in [1.54, 1.807) is 29.1 Å². The molecule has 15 heavy (non-hydrogen) atoms. The molecule has 0 bridgehead atoms. The molecule has 3 rings (SSSR count). The number of rotatable bonds is 1. The molecule has 0 atom stereocenters. The number of furan rings is 1. The summed E-state index contributed by atoms with van der Waals surface area (Å²) in [5.74, 6) is 1.25. The molecule has 0 spiro atoms. The van der Waals surface area contributed by atoms with Crippen LogP contribution >= 0.6 is 0 Å². The third-order valence-corrected chi connectivity index (χ3v) is 2.11. The Labute approximate surface area is 84.0 Å². The number of nitrogens with zero attached hydrogens (tertiary/aromatic N) is 2. The summed E-state index contributed by atoms with van der Waals surface area (Å²) in [5, 5.41) is 3.00. The molecule has 74 valence electrons. The summed E-state index contributed by atoms with van der Waals surface area (Å²) in [5.41, 5.74) is 0.515. The number of H-pyrrole nitrogens is 1. The van der Waals surface area contributed by atoms with Crippen molar-refractivity contribution in [2.45, 2.75) is 0 Å². The highest BCUT2D eigenvalue weighted by molar-refractivity contribution is 5.51. The standard InChI is InChI=1S/C10H7N3O2/c14-7-3-4-13-9(6-7)11-10(12-13)8-2-1-5-15-8/h1-6H,(H,11,12). The Morgan fingerprint density at radius 2 is 2.33 bits per heavy atom. The fourth-order valence-corrected chi connectivity index (χ4v) is 1.43. The zero-order valence-corrected chi connectivity index (χ0v) is 7.68. The van der Waals surface area contributed by atoms with Gasteiger partial charge in [0.1, 0.15) is 0 Å². The van der Waals surface area contributed by atoms with Crippen molar-refractivity contribution >= 4 is 5.65 Å². The van der Waals surface area contributed by atoms with Crippen molar-refractivity contribution < 1.29 is 4.42 Å². The van der Waals surface area contributed by atoms with Crippen molar-refractivity contribution in [3.8, 4) is 11.6 Å². The maximum atomic E-state index is 11.1. The summed E-state index contributed by atoms with van der Waals surface area (Å²) in [4.78, 5) is 15.3. The van der Waals surface area contributed by atoms with Crippen LogP contribution in [0.25, 0.3) is 17.2 Å². The predicted molar refractivity (Wildman–Crippen MR) is 53.5 cm³/mol. The Morgan fingerprint density at radius 1 is 1.40 bits per heavy atom. The first kappa shape index (κ1) is 8.05. The lowest BCUT2D eigenvalue weighted by molar-refractivity contribution is 0.577. The van der Waals surface area contributed by atoms with E-state index in [2.05, 4.69) is 10.1 Å².